The third kappa shape index (κ3) is 4.30. The van der Waals surface area contributed by atoms with Crippen LogP contribution in [0, 0.1) is 17.1 Å². The zero-order valence-electron chi connectivity index (χ0n) is 15.4. The van der Waals surface area contributed by atoms with Crippen molar-refractivity contribution in [2.45, 2.75) is 25.5 Å². The summed E-state index contributed by atoms with van der Waals surface area (Å²) in [5, 5.41) is 19.4. The molecule has 148 valence electrons. The zero-order valence-corrected chi connectivity index (χ0v) is 17.0. The molecular weight excluding hydrogens is 397 g/mol. The number of aliphatic hydroxyl groups is 1. The van der Waals surface area contributed by atoms with Crippen LogP contribution in [-0.4, -0.2) is 34.2 Å². The van der Waals surface area contributed by atoms with E-state index in [-0.39, 0.29) is 5.82 Å². The number of β-amino-alcohol motifs (C(OH)–C–C–N with tert-alkyl or cyclic N) is 1. The molecule has 1 saturated heterocycles. The van der Waals surface area contributed by atoms with Gasteiger partial charge in [-0.1, -0.05) is 35.1 Å². The van der Waals surface area contributed by atoms with E-state index in [0.29, 0.717) is 22.3 Å². The van der Waals surface area contributed by atoms with E-state index in [0.717, 1.165) is 48.3 Å². The number of piperidine rings is 1. The minimum absolute atomic E-state index is 0.286. The van der Waals surface area contributed by atoms with Crippen molar-refractivity contribution in [3.63, 3.8) is 0 Å². The zero-order chi connectivity index (χ0) is 19.7. The number of hydrogen-bond acceptors (Lipinski definition) is 4. The monoisotopic (exact) mass is 419 g/mol. The van der Waals surface area contributed by atoms with Crippen molar-refractivity contribution in [3.05, 3.63) is 63.7 Å². The smallest absolute Gasteiger partial charge is 0.182 e. The van der Waals surface area contributed by atoms with Crippen LogP contribution in [0.15, 0.2) is 42.5 Å². The minimum Gasteiger partial charge on any atom is -0.387 e. The number of likely N-dealkylation sites (tertiary alicyclic amines) is 1. The van der Waals surface area contributed by atoms with Gasteiger partial charge in [-0.15, -0.1) is 0 Å². The summed E-state index contributed by atoms with van der Waals surface area (Å²) in [6.45, 7) is 3.25. The van der Waals surface area contributed by atoms with Gasteiger partial charge in [0.1, 0.15) is 5.82 Å². The summed E-state index contributed by atoms with van der Waals surface area (Å²) in [6, 6.07) is 11.9. The number of aliphatic hydroxyl groups excluding tert-OH is 1. The lowest BCUT2D eigenvalue weighted by Crippen LogP contribution is -2.38. The molecular formula is C21H23ClFN3OS. The number of fused-ring (bicyclic) bond motifs is 1. The molecule has 1 aromatic heterocycles. The Morgan fingerprint density at radius 1 is 1.18 bits per heavy atom. The summed E-state index contributed by atoms with van der Waals surface area (Å²) in [4.78, 5) is 2.83. The molecule has 28 heavy (non-hydrogen) atoms. The number of aromatic nitrogens is 1. The normalized spacial score (nSPS) is 17.2. The van der Waals surface area contributed by atoms with Crippen molar-refractivity contribution in [1.29, 1.82) is 5.41 Å². The quantitative estimate of drug-likeness (QED) is 0.643. The van der Waals surface area contributed by atoms with Crippen LogP contribution >= 0.6 is 22.9 Å². The molecule has 0 saturated carbocycles. The van der Waals surface area contributed by atoms with E-state index in [1.807, 2.05) is 18.2 Å². The standard InChI is InChI=1S/C21H23ClFN3OS/c22-16-3-6-18-20(11-16)28-21(24)26(18)12-14-7-9-25(10-8-14)13-19(27)15-1-4-17(23)5-2-15/h1-6,11,14,19,24,27H,7-10,12-13H2/t19-/m0/s1. The topological polar surface area (TPSA) is 52.2 Å². The van der Waals surface area contributed by atoms with E-state index in [4.69, 9.17) is 17.0 Å². The molecule has 1 atom stereocenters. The van der Waals surface area contributed by atoms with Gasteiger partial charge in [0, 0.05) is 18.1 Å². The summed E-state index contributed by atoms with van der Waals surface area (Å²) >= 11 is 7.54. The van der Waals surface area contributed by atoms with E-state index in [9.17, 15) is 9.50 Å². The van der Waals surface area contributed by atoms with Crippen LogP contribution in [0.3, 0.4) is 0 Å². The molecule has 2 aromatic carbocycles. The molecule has 1 aliphatic heterocycles. The lowest BCUT2D eigenvalue weighted by atomic mass is 9.96. The minimum atomic E-state index is -0.600. The number of halogens is 2. The molecule has 1 aliphatic rings. The first-order chi connectivity index (χ1) is 13.5. The lowest BCUT2D eigenvalue weighted by molar-refractivity contribution is 0.0867. The van der Waals surface area contributed by atoms with E-state index in [1.165, 1.54) is 23.5 Å². The van der Waals surface area contributed by atoms with Gasteiger partial charge in [-0.2, -0.15) is 0 Å². The van der Waals surface area contributed by atoms with Crippen molar-refractivity contribution in [3.8, 4) is 0 Å². The fourth-order valence-electron chi connectivity index (χ4n) is 3.89. The third-order valence-electron chi connectivity index (χ3n) is 5.50. The summed E-state index contributed by atoms with van der Waals surface area (Å²) in [7, 11) is 0. The molecule has 0 radical (unpaired) electrons. The highest BCUT2D eigenvalue weighted by atomic mass is 35.5. The average Bonchev–Trinajstić information content (AvgIpc) is 2.98. The Hall–Kier alpha value is -1.73. The number of hydrogen-bond donors (Lipinski definition) is 2. The van der Waals surface area contributed by atoms with Crippen LogP contribution in [0.4, 0.5) is 4.39 Å². The van der Waals surface area contributed by atoms with Crippen LogP contribution in [0.5, 0.6) is 0 Å². The van der Waals surface area contributed by atoms with E-state index in [1.54, 1.807) is 12.1 Å². The Kier molecular flexibility index (Phi) is 5.83. The number of nitrogens with one attached hydrogen (secondary N) is 1. The second-order valence-corrected chi connectivity index (χ2v) is 8.91. The Bertz CT molecular complexity index is 1010. The fraction of sp³-hybridized carbons (Fsp3) is 0.381. The second kappa shape index (κ2) is 8.33. The number of thiazole rings is 1. The molecule has 2 N–H and O–H groups in total. The summed E-state index contributed by atoms with van der Waals surface area (Å²) in [5.41, 5.74) is 1.83. The maximum atomic E-state index is 13.0. The molecule has 0 bridgehead atoms. The maximum absolute atomic E-state index is 13.0. The van der Waals surface area contributed by atoms with Crippen molar-refractivity contribution < 1.29 is 9.50 Å². The van der Waals surface area contributed by atoms with Crippen LogP contribution in [0.25, 0.3) is 10.2 Å². The first-order valence-corrected chi connectivity index (χ1v) is 10.7. The van der Waals surface area contributed by atoms with Crippen LogP contribution < -0.4 is 4.80 Å². The predicted molar refractivity (Wildman–Crippen MR) is 111 cm³/mol. The van der Waals surface area contributed by atoms with Gasteiger partial charge in [0.15, 0.2) is 4.80 Å². The largest absolute Gasteiger partial charge is 0.387 e. The van der Waals surface area contributed by atoms with E-state index >= 15 is 0 Å². The van der Waals surface area contributed by atoms with Gasteiger partial charge in [-0.05, 0) is 67.7 Å². The summed E-state index contributed by atoms with van der Waals surface area (Å²) in [5.74, 6) is 0.230. The maximum Gasteiger partial charge on any atom is 0.182 e. The Balaban J connectivity index is 1.35. The molecule has 2 heterocycles. The molecule has 0 unspecified atom stereocenters. The molecule has 0 amide bonds. The average molecular weight is 420 g/mol. The van der Waals surface area contributed by atoms with Crippen molar-refractivity contribution in [2.24, 2.45) is 5.92 Å². The van der Waals surface area contributed by atoms with Gasteiger partial charge in [-0.25, -0.2) is 4.39 Å². The molecule has 3 aromatic rings. The summed E-state index contributed by atoms with van der Waals surface area (Å²) in [6.07, 6.45) is 1.47. The molecule has 4 rings (SSSR count). The van der Waals surface area contributed by atoms with Crippen LogP contribution in [0.1, 0.15) is 24.5 Å². The molecule has 0 spiro atoms. The Morgan fingerprint density at radius 2 is 1.89 bits per heavy atom. The third-order valence-corrected chi connectivity index (χ3v) is 6.69. The van der Waals surface area contributed by atoms with Crippen LogP contribution in [-0.2, 0) is 6.54 Å². The van der Waals surface area contributed by atoms with Crippen molar-refractivity contribution in [1.82, 2.24) is 9.47 Å². The van der Waals surface area contributed by atoms with Gasteiger partial charge in [0.2, 0.25) is 0 Å². The number of nitrogens with zero attached hydrogens (tertiary/aromatic N) is 2. The van der Waals surface area contributed by atoms with E-state index < -0.39 is 6.10 Å². The first kappa shape index (κ1) is 19.6. The second-order valence-electron chi connectivity index (χ2n) is 7.44. The van der Waals surface area contributed by atoms with Gasteiger partial charge in [0.05, 0.1) is 16.3 Å². The highest BCUT2D eigenvalue weighted by Gasteiger charge is 2.23. The number of benzene rings is 2. The molecule has 4 nitrogen and oxygen atoms in total. The Labute approximate surface area is 172 Å². The van der Waals surface area contributed by atoms with Gasteiger partial charge in [-0.3, -0.25) is 5.41 Å². The predicted octanol–water partition coefficient (Wildman–Crippen LogP) is 4.42. The van der Waals surface area contributed by atoms with Gasteiger partial charge >= 0.3 is 0 Å². The van der Waals surface area contributed by atoms with Crippen molar-refractivity contribution >= 4 is 33.2 Å². The van der Waals surface area contributed by atoms with Gasteiger partial charge < -0.3 is 14.6 Å². The van der Waals surface area contributed by atoms with Crippen molar-refractivity contribution in [2.75, 3.05) is 19.6 Å². The highest BCUT2D eigenvalue weighted by Crippen LogP contribution is 2.26. The molecule has 0 aliphatic carbocycles. The number of rotatable bonds is 5. The highest BCUT2D eigenvalue weighted by molar-refractivity contribution is 7.16. The molecule has 1 fully saturated rings. The lowest BCUT2D eigenvalue weighted by Gasteiger charge is -2.33. The Morgan fingerprint density at radius 3 is 2.61 bits per heavy atom. The fourth-order valence-corrected chi connectivity index (χ4v) is 5.08. The molecule has 7 heteroatoms. The van der Waals surface area contributed by atoms with Crippen LogP contribution in [0.2, 0.25) is 5.02 Å². The van der Waals surface area contributed by atoms with E-state index in [2.05, 4.69) is 9.47 Å². The SMILES string of the molecule is N=c1sc2cc(Cl)ccc2n1CC1CCN(C[C@H](O)c2ccc(F)cc2)CC1. The summed E-state index contributed by atoms with van der Waals surface area (Å²) < 4.78 is 16.2. The first-order valence-electron chi connectivity index (χ1n) is 9.49. The van der Waals surface area contributed by atoms with Gasteiger partial charge in [0.25, 0.3) is 0 Å².